The number of aliphatic hydroxyl groups is 1. The lowest BCUT2D eigenvalue weighted by molar-refractivity contribution is -0.120. The molecule has 5 nitrogen and oxygen atoms in total. The highest BCUT2D eigenvalue weighted by Gasteiger charge is 2.11. The van der Waals surface area contributed by atoms with E-state index in [0.29, 0.717) is 5.56 Å². The number of nitrogens with zero attached hydrogens (tertiary/aromatic N) is 2. The van der Waals surface area contributed by atoms with Crippen LogP contribution in [0.3, 0.4) is 0 Å². The molecule has 5 heteroatoms. The lowest BCUT2D eigenvalue weighted by Crippen LogP contribution is -2.29. The van der Waals surface area contributed by atoms with Gasteiger partial charge in [-0.15, -0.1) is 0 Å². The van der Waals surface area contributed by atoms with Gasteiger partial charge in [0.25, 0.3) is 0 Å². The van der Waals surface area contributed by atoms with E-state index >= 15 is 0 Å². The highest BCUT2D eigenvalue weighted by atomic mass is 16.3. The lowest BCUT2D eigenvalue weighted by atomic mass is 10.0. The number of aryl methyl sites for hydroxylation is 1. The maximum atomic E-state index is 12.1. The van der Waals surface area contributed by atoms with Crippen LogP contribution in [-0.4, -0.2) is 27.3 Å². The van der Waals surface area contributed by atoms with Gasteiger partial charge in [0, 0.05) is 25.4 Å². The van der Waals surface area contributed by atoms with Crippen molar-refractivity contribution in [2.45, 2.75) is 12.5 Å². The zero-order chi connectivity index (χ0) is 17.6. The van der Waals surface area contributed by atoms with E-state index in [1.54, 1.807) is 24.1 Å². The Bertz CT molecular complexity index is 826. The molecule has 0 saturated heterocycles. The van der Waals surface area contributed by atoms with Gasteiger partial charge in [0.05, 0.1) is 18.7 Å². The van der Waals surface area contributed by atoms with Crippen LogP contribution in [-0.2, 0) is 18.3 Å². The van der Waals surface area contributed by atoms with E-state index in [0.717, 1.165) is 16.7 Å². The third kappa shape index (κ3) is 4.55. The maximum Gasteiger partial charge on any atom is 0.224 e. The van der Waals surface area contributed by atoms with Crippen molar-refractivity contribution >= 4 is 5.91 Å². The molecule has 2 aromatic carbocycles. The molecule has 0 spiro atoms. The van der Waals surface area contributed by atoms with Crippen molar-refractivity contribution in [3.05, 3.63) is 78.1 Å². The predicted octanol–water partition coefficient (Wildman–Crippen LogP) is 2.48. The zero-order valence-electron chi connectivity index (χ0n) is 14.1. The lowest BCUT2D eigenvalue weighted by Gasteiger charge is -2.10. The summed E-state index contributed by atoms with van der Waals surface area (Å²) in [5, 5.41) is 16.8. The van der Waals surface area contributed by atoms with Crippen LogP contribution in [0.5, 0.6) is 0 Å². The Labute approximate surface area is 146 Å². The maximum absolute atomic E-state index is 12.1. The van der Waals surface area contributed by atoms with Gasteiger partial charge in [0.2, 0.25) is 5.91 Å². The Hall–Kier alpha value is -2.92. The Morgan fingerprint density at radius 2 is 1.80 bits per heavy atom. The molecule has 1 heterocycles. The smallest absolute Gasteiger partial charge is 0.224 e. The van der Waals surface area contributed by atoms with Crippen LogP contribution in [0.2, 0.25) is 0 Å². The number of aromatic nitrogens is 2. The summed E-state index contributed by atoms with van der Waals surface area (Å²) in [5.74, 6) is -0.115. The molecule has 25 heavy (non-hydrogen) atoms. The van der Waals surface area contributed by atoms with Crippen molar-refractivity contribution in [3.63, 3.8) is 0 Å². The summed E-state index contributed by atoms with van der Waals surface area (Å²) in [5.41, 5.74) is 3.90. The van der Waals surface area contributed by atoms with Crippen LogP contribution in [0.15, 0.2) is 67.0 Å². The molecule has 1 amide bonds. The summed E-state index contributed by atoms with van der Waals surface area (Å²) < 4.78 is 1.62. The van der Waals surface area contributed by atoms with Crippen molar-refractivity contribution in [2.24, 2.45) is 7.05 Å². The topological polar surface area (TPSA) is 67.2 Å². The molecule has 0 aliphatic heterocycles. The van der Waals surface area contributed by atoms with Gasteiger partial charge in [-0.3, -0.25) is 9.48 Å². The fraction of sp³-hybridized carbons (Fsp3) is 0.200. The SMILES string of the molecule is Cn1cc(C(O)CNC(=O)Cc2ccc(-c3ccccc3)cc2)cn1. The van der Waals surface area contributed by atoms with Crippen molar-refractivity contribution < 1.29 is 9.90 Å². The molecule has 3 aromatic rings. The molecule has 128 valence electrons. The van der Waals surface area contributed by atoms with E-state index in [4.69, 9.17) is 0 Å². The standard InChI is InChI=1S/C20H21N3O2/c1-23-14-18(12-22-23)19(24)13-21-20(25)11-15-7-9-17(10-8-15)16-5-3-2-4-6-16/h2-10,12,14,19,24H,11,13H2,1H3,(H,21,25). The molecular weight excluding hydrogens is 314 g/mol. The molecule has 1 unspecified atom stereocenters. The number of benzene rings is 2. The number of nitrogens with one attached hydrogen (secondary N) is 1. The fourth-order valence-corrected chi connectivity index (χ4v) is 2.63. The molecule has 1 aromatic heterocycles. The van der Waals surface area contributed by atoms with Crippen LogP contribution in [0, 0.1) is 0 Å². The summed E-state index contributed by atoms with van der Waals surface area (Å²) in [7, 11) is 1.79. The molecular formula is C20H21N3O2. The summed E-state index contributed by atoms with van der Waals surface area (Å²) in [4.78, 5) is 12.1. The van der Waals surface area contributed by atoms with Gasteiger partial charge >= 0.3 is 0 Å². The molecule has 0 aliphatic rings. The molecule has 0 aliphatic carbocycles. The Morgan fingerprint density at radius 1 is 1.12 bits per heavy atom. The minimum Gasteiger partial charge on any atom is -0.386 e. The molecule has 1 atom stereocenters. The summed E-state index contributed by atoms with van der Waals surface area (Å²) in [6, 6.07) is 18.1. The highest BCUT2D eigenvalue weighted by molar-refractivity contribution is 5.78. The van der Waals surface area contributed by atoms with Gasteiger partial charge in [-0.1, -0.05) is 54.6 Å². The van der Waals surface area contributed by atoms with E-state index in [2.05, 4.69) is 22.5 Å². The van der Waals surface area contributed by atoms with Crippen LogP contribution in [0.4, 0.5) is 0 Å². The summed E-state index contributed by atoms with van der Waals surface area (Å²) >= 11 is 0. The fourth-order valence-electron chi connectivity index (χ4n) is 2.63. The average molecular weight is 335 g/mol. The Morgan fingerprint density at radius 3 is 2.44 bits per heavy atom. The van der Waals surface area contributed by atoms with E-state index < -0.39 is 6.10 Å². The second-order valence-electron chi connectivity index (χ2n) is 6.01. The Kier molecular flexibility index (Phi) is 5.26. The number of carbonyl (C=O) groups is 1. The number of amides is 1. The first-order chi connectivity index (χ1) is 12.1. The quantitative estimate of drug-likeness (QED) is 0.727. The van der Waals surface area contributed by atoms with Crippen LogP contribution < -0.4 is 5.32 Å². The second-order valence-corrected chi connectivity index (χ2v) is 6.01. The minimum absolute atomic E-state index is 0.115. The number of hydrogen-bond acceptors (Lipinski definition) is 3. The summed E-state index contributed by atoms with van der Waals surface area (Å²) in [6.45, 7) is 0.173. The first kappa shape index (κ1) is 16.9. The van der Waals surface area contributed by atoms with E-state index in [9.17, 15) is 9.90 Å². The van der Waals surface area contributed by atoms with Crippen molar-refractivity contribution in [3.8, 4) is 11.1 Å². The van der Waals surface area contributed by atoms with Crippen LogP contribution in [0.25, 0.3) is 11.1 Å². The predicted molar refractivity (Wildman–Crippen MR) is 96.8 cm³/mol. The second kappa shape index (κ2) is 7.77. The van der Waals surface area contributed by atoms with E-state index in [-0.39, 0.29) is 18.9 Å². The number of carbonyl (C=O) groups excluding carboxylic acids is 1. The normalized spacial score (nSPS) is 11.9. The van der Waals surface area contributed by atoms with Crippen molar-refractivity contribution in [1.82, 2.24) is 15.1 Å². The molecule has 0 fully saturated rings. The zero-order valence-corrected chi connectivity index (χ0v) is 14.1. The van der Waals surface area contributed by atoms with Crippen LogP contribution >= 0.6 is 0 Å². The van der Waals surface area contributed by atoms with Gasteiger partial charge in [-0.05, 0) is 16.7 Å². The first-order valence-electron chi connectivity index (χ1n) is 8.19. The van der Waals surface area contributed by atoms with Gasteiger partial charge in [0.1, 0.15) is 0 Å². The van der Waals surface area contributed by atoms with Gasteiger partial charge in [-0.25, -0.2) is 0 Å². The van der Waals surface area contributed by atoms with E-state index in [1.165, 1.54) is 0 Å². The third-order valence-electron chi connectivity index (χ3n) is 4.03. The van der Waals surface area contributed by atoms with Gasteiger partial charge in [-0.2, -0.15) is 5.10 Å². The molecule has 2 N–H and O–H groups in total. The third-order valence-corrected chi connectivity index (χ3v) is 4.03. The molecule has 0 bridgehead atoms. The largest absolute Gasteiger partial charge is 0.386 e. The Balaban J connectivity index is 1.52. The van der Waals surface area contributed by atoms with E-state index in [1.807, 2.05) is 42.5 Å². The minimum atomic E-state index is -0.752. The number of rotatable bonds is 6. The molecule has 0 saturated carbocycles. The number of hydrogen-bond donors (Lipinski definition) is 2. The van der Waals surface area contributed by atoms with Gasteiger partial charge < -0.3 is 10.4 Å². The molecule has 0 radical (unpaired) electrons. The van der Waals surface area contributed by atoms with Crippen molar-refractivity contribution in [1.29, 1.82) is 0 Å². The van der Waals surface area contributed by atoms with Gasteiger partial charge in [0.15, 0.2) is 0 Å². The summed E-state index contributed by atoms with van der Waals surface area (Å²) in [6.07, 6.45) is 2.87. The van der Waals surface area contributed by atoms with Crippen molar-refractivity contribution in [2.75, 3.05) is 6.54 Å². The van der Waals surface area contributed by atoms with Crippen LogP contribution in [0.1, 0.15) is 17.2 Å². The number of aliphatic hydroxyl groups excluding tert-OH is 1. The first-order valence-corrected chi connectivity index (χ1v) is 8.19. The highest BCUT2D eigenvalue weighted by Crippen LogP contribution is 2.19. The monoisotopic (exact) mass is 335 g/mol. The molecule has 3 rings (SSSR count). The average Bonchev–Trinajstić information content (AvgIpc) is 3.08.